The van der Waals surface area contributed by atoms with Crippen LogP contribution in [0.25, 0.3) is 0 Å². The third-order valence-corrected chi connectivity index (χ3v) is 4.91. The van der Waals surface area contributed by atoms with Crippen LogP contribution in [0, 0.1) is 0 Å². The molecule has 2 fully saturated rings. The molecule has 0 radical (unpaired) electrons. The first-order valence-electron chi connectivity index (χ1n) is 5.33. The minimum absolute atomic E-state index is 0.373. The number of hydrogen-bond acceptors (Lipinski definition) is 10. The van der Waals surface area contributed by atoms with Gasteiger partial charge in [0.15, 0.2) is 0 Å². The molecule has 0 aliphatic carbocycles. The van der Waals surface area contributed by atoms with Crippen LogP contribution < -0.4 is 0 Å². The third kappa shape index (κ3) is 3.88. The summed E-state index contributed by atoms with van der Waals surface area (Å²) >= 11 is 0. The van der Waals surface area contributed by atoms with Crippen LogP contribution >= 0.6 is 0 Å². The molecule has 2 aliphatic heterocycles. The van der Waals surface area contributed by atoms with Gasteiger partial charge in [-0.2, -0.15) is 16.8 Å². The molecule has 2 heterocycles. The molecule has 0 N–H and O–H groups in total. The number of esters is 2. The average Bonchev–Trinajstić information content (AvgIpc) is 2.81. The van der Waals surface area contributed by atoms with Gasteiger partial charge in [0.2, 0.25) is 0 Å². The van der Waals surface area contributed by atoms with Crippen molar-refractivity contribution >= 4 is 32.2 Å². The monoisotopic (exact) mass is 330 g/mol. The first kappa shape index (κ1) is 15.2. The highest BCUT2D eigenvalue weighted by Crippen LogP contribution is 2.14. The van der Waals surface area contributed by atoms with Gasteiger partial charge in [-0.1, -0.05) is 0 Å². The van der Waals surface area contributed by atoms with E-state index in [4.69, 9.17) is 0 Å². The van der Waals surface area contributed by atoms with Gasteiger partial charge in [-0.15, -0.1) is 0 Å². The molecule has 20 heavy (non-hydrogen) atoms. The van der Waals surface area contributed by atoms with Gasteiger partial charge < -0.3 is 9.47 Å². The van der Waals surface area contributed by atoms with Crippen molar-refractivity contribution in [2.75, 3.05) is 24.7 Å². The summed E-state index contributed by atoms with van der Waals surface area (Å²) in [6, 6.07) is 0. The zero-order chi connectivity index (χ0) is 15.0. The summed E-state index contributed by atoms with van der Waals surface area (Å²) < 4.78 is 61.5. The molecule has 0 spiro atoms. The topological polar surface area (TPSA) is 139 Å². The standard InChI is InChI=1S/C8H10O10S2/c9-7(17-5-1-15-19(11,12)3-5)8(10)18-6-2-16-20(13,14)4-6/h5-6H,1-4H2. The molecule has 2 rings (SSSR count). The van der Waals surface area contributed by atoms with Crippen LogP contribution in [0.3, 0.4) is 0 Å². The predicted molar refractivity (Wildman–Crippen MR) is 59.2 cm³/mol. The summed E-state index contributed by atoms with van der Waals surface area (Å²) in [7, 11) is -7.47. The third-order valence-electron chi connectivity index (χ3n) is 2.36. The molecule has 0 aromatic rings. The fourth-order valence-electron chi connectivity index (χ4n) is 1.54. The Morgan fingerprint density at radius 2 is 1.15 bits per heavy atom. The van der Waals surface area contributed by atoms with E-state index in [-0.39, 0.29) is 13.2 Å². The second kappa shape index (κ2) is 5.27. The van der Waals surface area contributed by atoms with Gasteiger partial charge in [0.1, 0.15) is 36.9 Å². The number of carbonyl (C=O) groups is 2. The fraction of sp³-hybridized carbons (Fsp3) is 0.750. The average molecular weight is 330 g/mol. The van der Waals surface area contributed by atoms with Crippen LogP contribution in [-0.4, -0.2) is 65.7 Å². The zero-order valence-corrected chi connectivity index (χ0v) is 11.5. The zero-order valence-electron chi connectivity index (χ0n) is 9.88. The number of ether oxygens (including phenoxy) is 2. The summed E-state index contributed by atoms with van der Waals surface area (Å²) in [5, 5.41) is 0. The molecule has 2 saturated heterocycles. The number of carbonyl (C=O) groups excluding carboxylic acids is 2. The molecular weight excluding hydrogens is 320 g/mol. The SMILES string of the molecule is O=C(OC1COS(=O)(=O)C1)C(=O)OC1COS(=O)(=O)C1. The summed E-state index contributed by atoms with van der Waals surface area (Å²) in [4.78, 5) is 22.6. The van der Waals surface area contributed by atoms with E-state index in [1.54, 1.807) is 0 Å². The quantitative estimate of drug-likeness (QED) is 0.304. The van der Waals surface area contributed by atoms with Gasteiger partial charge in [-0.25, -0.2) is 9.59 Å². The van der Waals surface area contributed by atoms with Gasteiger partial charge in [0.25, 0.3) is 20.2 Å². The lowest BCUT2D eigenvalue weighted by Gasteiger charge is -2.10. The Morgan fingerprint density at radius 3 is 1.40 bits per heavy atom. The number of hydrogen-bond donors (Lipinski definition) is 0. The van der Waals surface area contributed by atoms with Crippen LogP contribution in [0.2, 0.25) is 0 Å². The summed E-state index contributed by atoms with van der Waals surface area (Å²) in [6.07, 6.45) is -2.19. The molecule has 2 unspecified atom stereocenters. The first-order chi connectivity index (χ1) is 9.17. The Hall–Kier alpha value is -1.24. The van der Waals surface area contributed by atoms with Crippen LogP contribution in [0.5, 0.6) is 0 Å². The lowest BCUT2D eigenvalue weighted by molar-refractivity contribution is -0.173. The minimum atomic E-state index is -3.73. The molecule has 2 aliphatic rings. The summed E-state index contributed by atoms with van der Waals surface area (Å²) in [5.74, 6) is -3.93. The van der Waals surface area contributed by atoms with Crippen molar-refractivity contribution in [1.82, 2.24) is 0 Å². The van der Waals surface area contributed by atoms with Gasteiger partial charge in [0, 0.05) is 0 Å². The molecule has 10 nitrogen and oxygen atoms in total. The van der Waals surface area contributed by atoms with Gasteiger partial charge >= 0.3 is 11.9 Å². The predicted octanol–water partition coefficient (Wildman–Crippen LogP) is -2.47. The second-order valence-electron chi connectivity index (χ2n) is 4.07. The van der Waals surface area contributed by atoms with Crippen molar-refractivity contribution in [3.8, 4) is 0 Å². The highest BCUT2D eigenvalue weighted by molar-refractivity contribution is 7.87. The highest BCUT2D eigenvalue weighted by atomic mass is 32.2. The molecule has 114 valence electrons. The maximum atomic E-state index is 11.3. The van der Waals surface area contributed by atoms with E-state index in [0.29, 0.717) is 0 Å². The normalized spacial score (nSPS) is 30.8. The lowest BCUT2D eigenvalue weighted by Crippen LogP contribution is -2.32. The van der Waals surface area contributed by atoms with Crippen molar-refractivity contribution in [2.45, 2.75) is 12.2 Å². The van der Waals surface area contributed by atoms with Crippen molar-refractivity contribution in [3.05, 3.63) is 0 Å². The smallest absolute Gasteiger partial charge is 0.417 e. The maximum absolute atomic E-state index is 11.3. The van der Waals surface area contributed by atoms with Gasteiger partial charge in [-0.3, -0.25) is 8.37 Å². The van der Waals surface area contributed by atoms with E-state index >= 15 is 0 Å². The fourth-order valence-corrected chi connectivity index (χ4v) is 3.69. The summed E-state index contributed by atoms with van der Waals surface area (Å²) in [5.41, 5.74) is 0. The van der Waals surface area contributed by atoms with E-state index in [0.717, 1.165) is 0 Å². The van der Waals surface area contributed by atoms with Crippen LogP contribution in [0.1, 0.15) is 0 Å². The molecule has 12 heteroatoms. The summed E-state index contributed by atoms with van der Waals surface area (Å²) in [6.45, 7) is -0.745. The molecule has 2 atom stereocenters. The molecular formula is C8H10O10S2. The molecule has 0 aromatic heterocycles. The van der Waals surface area contributed by atoms with Gasteiger partial charge in [-0.05, 0) is 0 Å². The van der Waals surface area contributed by atoms with Crippen LogP contribution in [0.4, 0.5) is 0 Å². The molecule has 0 amide bonds. The Kier molecular flexibility index (Phi) is 4.00. The van der Waals surface area contributed by atoms with E-state index in [1.807, 2.05) is 0 Å². The Balaban J connectivity index is 1.83. The van der Waals surface area contributed by atoms with E-state index in [2.05, 4.69) is 17.8 Å². The Bertz CT molecular complexity index is 562. The molecule has 0 saturated carbocycles. The van der Waals surface area contributed by atoms with Crippen molar-refractivity contribution < 1.29 is 44.3 Å². The Labute approximate surface area is 114 Å². The van der Waals surface area contributed by atoms with Crippen LogP contribution in [0.15, 0.2) is 0 Å². The van der Waals surface area contributed by atoms with Crippen molar-refractivity contribution in [3.63, 3.8) is 0 Å². The van der Waals surface area contributed by atoms with Gasteiger partial charge in [0.05, 0.1) is 0 Å². The maximum Gasteiger partial charge on any atom is 0.417 e. The van der Waals surface area contributed by atoms with Crippen molar-refractivity contribution in [2.24, 2.45) is 0 Å². The van der Waals surface area contributed by atoms with E-state index in [1.165, 1.54) is 0 Å². The number of rotatable bonds is 2. The van der Waals surface area contributed by atoms with Crippen LogP contribution in [-0.2, 0) is 47.7 Å². The molecule has 0 bridgehead atoms. The van der Waals surface area contributed by atoms with E-state index in [9.17, 15) is 26.4 Å². The Morgan fingerprint density at radius 1 is 0.800 bits per heavy atom. The largest absolute Gasteiger partial charge is 0.450 e. The van der Waals surface area contributed by atoms with Crippen molar-refractivity contribution in [1.29, 1.82) is 0 Å². The molecule has 0 aromatic carbocycles. The minimum Gasteiger partial charge on any atom is -0.450 e. The highest BCUT2D eigenvalue weighted by Gasteiger charge is 2.37. The first-order valence-corrected chi connectivity index (χ1v) is 8.48. The lowest BCUT2D eigenvalue weighted by atomic mass is 10.4. The van der Waals surface area contributed by atoms with E-state index < -0.39 is 55.9 Å². The second-order valence-corrected chi connectivity index (χ2v) is 7.44.